The fraction of sp³-hybridized carbons (Fsp3) is 0.240. The van der Waals surface area contributed by atoms with Crippen LogP contribution in [0.3, 0.4) is 0 Å². The Morgan fingerprint density at radius 2 is 1.94 bits per heavy atom. The predicted molar refractivity (Wildman–Crippen MR) is 131 cm³/mol. The van der Waals surface area contributed by atoms with E-state index in [-0.39, 0.29) is 28.9 Å². The van der Waals surface area contributed by atoms with Gasteiger partial charge in [-0.05, 0) is 41.8 Å². The van der Waals surface area contributed by atoms with Crippen LogP contribution in [0, 0.1) is 11.7 Å². The highest BCUT2D eigenvalue weighted by atomic mass is 32.1. The summed E-state index contributed by atoms with van der Waals surface area (Å²) in [6.45, 7) is 3.81. The summed E-state index contributed by atoms with van der Waals surface area (Å²) < 4.78 is 25.1. The van der Waals surface area contributed by atoms with Crippen LogP contribution < -0.4 is 20.8 Å². The lowest BCUT2D eigenvalue weighted by Crippen LogP contribution is -2.29. The van der Waals surface area contributed by atoms with Crippen LogP contribution >= 0.6 is 11.3 Å². The second-order valence-corrected chi connectivity index (χ2v) is 9.83. The van der Waals surface area contributed by atoms with Gasteiger partial charge in [-0.1, -0.05) is 37.3 Å². The Balaban J connectivity index is 1.66. The Kier molecular flexibility index (Phi) is 6.00. The maximum absolute atomic E-state index is 14.0. The summed E-state index contributed by atoms with van der Waals surface area (Å²) in [5, 5.41) is 9.56. The van der Waals surface area contributed by atoms with E-state index < -0.39 is 29.1 Å². The largest absolute Gasteiger partial charge is 0.484 e. The number of hydrogen-bond donors (Lipinski definition) is 1. The molecule has 36 heavy (non-hydrogen) atoms. The van der Waals surface area contributed by atoms with Gasteiger partial charge in [-0.15, -0.1) is 10.2 Å². The van der Waals surface area contributed by atoms with E-state index in [0.717, 1.165) is 11.1 Å². The summed E-state index contributed by atoms with van der Waals surface area (Å²) in [6.07, 6.45) is 0.684. The number of anilines is 1. The summed E-state index contributed by atoms with van der Waals surface area (Å²) >= 11 is 1.26. The molecular formula is C25H21FN4O5S. The minimum atomic E-state index is -0.888. The number of halogens is 1. The van der Waals surface area contributed by atoms with Crippen molar-refractivity contribution in [2.24, 2.45) is 11.7 Å². The lowest BCUT2D eigenvalue weighted by atomic mass is 9.98. The Morgan fingerprint density at radius 1 is 1.19 bits per heavy atom. The number of benzene rings is 2. The summed E-state index contributed by atoms with van der Waals surface area (Å²) in [5.41, 5.74) is 5.39. The van der Waals surface area contributed by atoms with Gasteiger partial charge in [-0.2, -0.15) is 0 Å². The van der Waals surface area contributed by atoms with Crippen molar-refractivity contribution in [2.75, 3.05) is 11.5 Å². The highest BCUT2D eigenvalue weighted by Gasteiger charge is 2.45. The van der Waals surface area contributed by atoms with Gasteiger partial charge in [0, 0.05) is 6.42 Å². The number of carbonyl (C=O) groups is 2. The van der Waals surface area contributed by atoms with Crippen LogP contribution in [-0.4, -0.2) is 28.6 Å². The molecule has 0 radical (unpaired) electrons. The first-order valence-corrected chi connectivity index (χ1v) is 12.0. The zero-order valence-corrected chi connectivity index (χ0v) is 20.2. The van der Waals surface area contributed by atoms with E-state index >= 15 is 0 Å². The highest BCUT2D eigenvalue weighted by molar-refractivity contribution is 7.15. The molecule has 0 spiro atoms. The summed E-state index contributed by atoms with van der Waals surface area (Å²) in [4.78, 5) is 39.6. The average molecular weight is 509 g/mol. The van der Waals surface area contributed by atoms with Crippen molar-refractivity contribution in [2.45, 2.75) is 26.3 Å². The Bertz CT molecular complexity index is 1550. The molecule has 1 unspecified atom stereocenters. The van der Waals surface area contributed by atoms with Gasteiger partial charge < -0.3 is 14.9 Å². The van der Waals surface area contributed by atoms with E-state index in [1.165, 1.54) is 28.4 Å². The number of nitrogens with two attached hydrogens (primary N) is 1. The van der Waals surface area contributed by atoms with Crippen molar-refractivity contribution in [3.63, 3.8) is 0 Å². The van der Waals surface area contributed by atoms with E-state index in [1.807, 2.05) is 0 Å². The van der Waals surface area contributed by atoms with Crippen molar-refractivity contribution >= 4 is 39.3 Å². The number of amides is 2. The molecule has 0 bridgehead atoms. The number of fused-ring (bicyclic) bond motifs is 2. The van der Waals surface area contributed by atoms with Gasteiger partial charge in [0.2, 0.25) is 10.9 Å². The molecule has 2 aromatic heterocycles. The third-order valence-corrected chi connectivity index (χ3v) is 6.60. The second kappa shape index (κ2) is 9.15. The molecule has 1 atom stereocenters. The van der Waals surface area contributed by atoms with Crippen LogP contribution in [0.2, 0.25) is 0 Å². The van der Waals surface area contributed by atoms with Crippen LogP contribution in [0.1, 0.15) is 46.6 Å². The van der Waals surface area contributed by atoms with Crippen LogP contribution in [0.15, 0.2) is 51.7 Å². The molecule has 0 saturated heterocycles. The monoisotopic (exact) mass is 508 g/mol. The molecule has 184 valence electrons. The van der Waals surface area contributed by atoms with Crippen molar-refractivity contribution in [3.05, 3.63) is 80.4 Å². The second-order valence-electron chi connectivity index (χ2n) is 8.79. The quantitative estimate of drug-likeness (QED) is 0.404. The first-order valence-electron chi connectivity index (χ1n) is 11.2. The molecule has 1 aliphatic heterocycles. The molecule has 9 nitrogen and oxygen atoms in total. The molecule has 2 aromatic carbocycles. The van der Waals surface area contributed by atoms with E-state index in [9.17, 15) is 18.8 Å². The summed E-state index contributed by atoms with van der Waals surface area (Å²) in [7, 11) is 0. The van der Waals surface area contributed by atoms with E-state index in [4.69, 9.17) is 14.9 Å². The third-order valence-electron chi connectivity index (χ3n) is 5.65. The van der Waals surface area contributed by atoms with E-state index in [1.54, 1.807) is 24.3 Å². The van der Waals surface area contributed by atoms with Gasteiger partial charge in [0.1, 0.15) is 22.2 Å². The fourth-order valence-corrected chi connectivity index (χ4v) is 5.21. The number of ether oxygens (including phenoxy) is 1. The predicted octanol–water partition coefficient (Wildman–Crippen LogP) is 3.60. The van der Waals surface area contributed by atoms with Gasteiger partial charge in [-0.3, -0.25) is 19.3 Å². The SMILES string of the molecule is CC(C)Cc1nnc(N2C(=O)c3oc4ccc(F)cc4c(=O)c3C2c2ccc(OCC(N)=O)cc2)s1. The lowest BCUT2D eigenvalue weighted by molar-refractivity contribution is -0.119. The molecule has 4 aromatic rings. The zero-order chi connectivity index (χ0) is 25.6. The van der Waals surface area contributed by atoms with Crippen molar-refractivity contribution in [1.82, 2.24) is 10.2 Å². The molecule has 1 aliphatic rings. The van der Waals surface area contributed by atoms with Crippen LogP contribution in [0.25, 0.3) is 11.0 Å². The number of nitrogens with zero attached hydrogens (tertiary/aromatic N) is 3. The smallest absolute Gasteiger partial charge is 0.297 e. The molecule has 2 N–H and O–H groups in total. The molecule has 11 heteroatoms. The molecule has 0 aliphatic carbocycles. The van der Waals surface area contributed by atoms with E-state index in [2.05, 4.69) is 24.0 Å². The zero-order valence-electron chi connectivity index (χ0n) is 19.4. The minimum absolute atomic E-state index is 0.0348. The van der Waals surface area contributed by atoms with Gasteiger partial charge in [0.05, 0.1) is 17.0 Å². The number of aromatic nitrogens is 2. The first-order chi connectivity index (χ1) is 17.2. The number of hydrogen-bond acceptors (Lipinski definition) is 8. The highest BCUT2D eigenvalue weighted by Crippen LogP contribution is 2.42. The lowest BCUT2D eigenvalue weighted by Gasteiger charge is -2.22. The van der Waals surface area contributed by atoms with Crippen LogP contribution in [0.4, 0.5) is 9.52 Å². The van der Waals surface area contributed by atoms with Gasteiger partial charge in [-0.25, -0.2) is 4.39 Å². The third kappa shape index (κ3) is 4.22. The van der Waals surface area contributed by atoms with Gasteiger partial charge >= 0.3 is 0 Å². The molecule has 0 fully saturated rings. The molecule has 0 saturated carbocycles. The topological polar surface area (TPSA) is 129 Å². The van der Waals surface area contributed by atoms with Crippen molar-refractivity contribution < 1.29 is 23.1 Å². The normalized spacial score (nSPS) is 15.1. The van der Waals surface area contributed by atoms with Gasteiger partial charge in [0.25, 0.3) is 11.8 Å². The molecule has 5 rings (SSSR count). The Labute approximate surface area is 208 Å². The maximum Gasteiger partial charge on any atom is 0.297 e. The maximum atomic E-state index is 14.0. The average Bonchev–Trinajstić information content (AvgIpc) is 3.40. The molecule has 3 heterocycles. The van der Waals surface area contributed by atoms with Crippen LogP contribution in [-0.2, 0) is 11.2 Å². The first kappa shape index (κ1) is 23.6. The standard InChI is InChI=1S/C25H21FN4O5S/c1-12(2)9-19-28-29-25(36-19)30-21(13-3-6-15(7-4-13)34-11-18(27)31)20-22(32)16-10-14(26)5-8-17(16)35-23(20)24(30)33/h3-8,10,12,21H,9,11H2,1-2H3,(H2,27,31). The van der Waals surface area contributed by atoms with Crippen LogP contribution in [0.5, 0.6) is 5.75 Å². The van der Waals surface area contributed by atoms with Gasteiger partial charge in [0.15, 0.2) is 12.0 Å². The van der Waals surface area contributed by atoms with Crippen molar-refractivity contribution in [3.8, 4) is 5.75 Å². The molecule has 2 amide bonds. The van der Waals surface area contributed by atoms with E-state index in [0.29, 0.717) is 28.8 Å². The Morgan fingerprint density at radius 3 is 2.64 bits per heavy atom. The fourth-order valence-electron chi connectivity index (χ4n) is 4.13. The summed E-state index contributed by atoms with van der Waals surface area (Å²) in [6, 6.07) is 9.24. The summed E-state index contributed by atoms with van der Waals surface area (Å²) in [5.74, 6) is -1.16. The molecular weight excluding hydrogens is 487 g/mol. The van der Waals surface area contributed by atoms with Crippen molar-refractivity contribution in [1.29, 1.82) is 0 Å². The minimum Gasteiger partial charge on any atom is -0.484 e. The Hall–Kier alpha value is -4.12. The number of rotatable bonds is 7. The number of primary amides is 1. The number of carbonyl (C=O) groups excluding carboxylic acids is 2.